The van der Waals surface area contributed by atoms with Crippen LogP contribution in [0.5, 0.6) is 0 Å². The number of carbonyl (C=O) groups is 1. The van der Waals surface area contributed by atoms with E-state index in [1.54, 1.807) is 0 Å². The normalized spacial score (nSPS) is 18.8. The molecule has 1 aliphatic heterocycles. The molecule has 1 amide bonds. The van der Waals surface area contributed by atoms with Crippen LogP contribution in [0.4, 0.5) is 0 Å². The number of amides is 1. The molecule has 1 rings (SSSR count). The third-order valence-corrected chi connectivity index (χ3v) is 1.46. The van der Waals surface area contributed by atoms with Crippen LogP contribution in [0.15, 0.2) is 0 Å². The average molecular weight is 128 g/mol. The number of nitrogens with one attached hydrogen (secondary N) is 1. The molecular weight excluding hydrogens is 116 g/mol. The van der Waals surface area contributed by atoms with Crippen molar-refractivity contribution in [3.63, 3.8) is 0 Å². The van der Waals surface area contributed by atoms with Gasteiger partial charge < -0.3 is 0 Å². The number of hydrogen-bond donors (Lipinski definition) is 1. The van der Waals surface area contributed by atoms with Crippen molar-refractivity contribution in [1.82, 2.24) is 10.4 Å². The molecule has 0 aliphatic carbocycles. The molecule has 0 unspecified atom stereocenters. The van der Waals surface area contributed by atoms with Gasteiger partial charge in [-0.15, -0.1) is 0 Å². The standard InChI is InChI=1S/C6H12N2O/c1-2-6(9)7-8-4-3-5-8/h2-5H2,1H3,(H,7,9). The van der Waals surface area contributed by atoms with Gasteiger partial charge in [-0.25, -0.2) is 5.01 Å². The van der Waals surface area contributed by atoms with Crippen LogP contribution in [0.1, 0.15) is 19.8 Å². The monoisotopic (exact) mass is 128 g/mol. The summed E-state index contributed by atoms with van der Waals surface area (Å²) in [6.07, 6.45) is 1.79. The first kappa shape index (κ1) is 6.55. The molecule has 0 saturated carbocycles. The summed E-state index contributed by atoms with van der Waals surface area (Å²) in [5.41, 5.74) is 2.76. The maximum atomic E-state index is 10.7. The number of nitrogens with zero attached hydrogens (tertiary/aromatic N) is 1. The van der Waals surface area contributed by atoms with Gasteiger partial charge in [-0.3, -0.25) is 10.2 Å². The molecule has 9 heavy (non-hydrogen) atoms. The second kappa shape index (κ2) is 2.82. The summed E-state index contributed by atoms with van der Waals surface area (Å²) in [5.74, 6) is 0.120. The molecule has 3 nitrogen and oxygen atoms in total. The zero-order chi connectivity index (χ0) is 6.69. The van der Waals surface area contributed by atoms with Crippen LogP contribution >= 0.6 is 0 Å². The Balaban J connectivity index is 2.09. The van der Waals surface area contributed by atoms with E-state index >= 15 is 0 Å². The fraction of sp³-hybridized carbons (Fsp3) is 0.833. The summed E-state index contributed by atoms with van der Waals surface area (Å²) in [6, 6.07) is 0. The van der Waals surface area contributed by atoms with Gasteiger partial charge >= 0.3 is 0 Å². The van der Waals surface area contributed by atoms with Crippen molar-refractivity contribution >= 4 is 5.91 Å². The van der Waals surface area contributed by atoms with Gasteiger partial charge in [-0.05, 0) is 6.42 Å². The summed E-state index contributed by atoms with van der Waals surface area (Å²) < 4.78 is 0. The highest BCUT2D eigenvalue weighted by atomic mass is 16.2. The summed E-state index contributed by atoms with van der Waals surface area (Å²) in [4.78, 5) is 10.7. The van der Waals surface area contributed by atoms with Crippen LogP contribution in [0.3, 0.4) is 0 Å². The molecule has 1 heterocycles. The van der Waals surface area contributed by atoms with Crippen LogP contribution in [0, 0.1) is 0 Å². The molecule has 0 aromatic carbocycles. The van der Waals surface area contributed by atoms with Crippen molar-refractivity contribution in [3.8, 4) is 0 Å². The van der Waals surface area contributed by atoms with Crippen molar-refractivity contribution in [2.24, 2.45) is 0 Å². The molecule has 0 bridgehead atoms. The summed E-state index contributed by atoms with van der Waals surface area (Å²) in [6.45, 7) is 3.90. The Bertz CT molecular complexity index is 110. The van der Waals surface area contributed by atoms with Crippen molar-refractivity contribution in [3.05, 3.63) is 0 Å². The molecule has 52 valence electrons. The third-order valence-electron chi connectivity index (χ3n) is 1.46. The van der Waals surface area contributed by atoms with E-state index in [4.69, 9.17) is 0 Å². The molecule has 1 fully saturated rings. The second-order valence-corrected chi connectivity index (χ2v) is 2.23. The molecule has 1 saturated heterocycles. The van der Waals surface area contributed by atoms with Crippen molar-refractivity contribution in [1.29, 1.82) is 0 Å². The predicted molar refractivity (Wildman–Crippen MR) is 34.6 cm³/mol. The first-order valence-electron chi connectivity index (χ1n) is 3.37. The Morgan fingerprint density at radius 2 is 2.33 bits per heavy atom. The molecule has 0 radical (unpaired) electrons. The molecule has 1 N–H and O–H groups in total. The van der Waals surface area contributed by atoms with Crippen LogP contribution in [0.25, 0.3) is 0 Å². The lowest BCUT2D eigenvalue weighted by molar-refractivity contribution is -0.127. The zero-order valence-corrected chi connectivity index (χ0v) is 5.68. The maximum absolute atomic E-state index is 10.7. The average Bonchev–Trinajstić information content (AvgIpc) is 1.78. The van der Waals surface area contributed by atoms with E-state index in [0.717, 1.165) is 13.1 Å². The lowest BCUT2D eigenvalue weighted by Crippen LogP contribution is -2.49. The topological polar surface area (TPSA) is 32.3 Å². The lowest BCUT2D eigenvalue weighted by atomic mass is 10.3. The molecule has 3 heteroatoms. The minimum absolute atomic E-state index is 0.120. The Labute approximate surface area is 55.0 Å². The van der Waals surface area contributed by atoms with Crippen molar-refractivity contribution in [2.45, 2.75) is 19.8 Å². The Morgan fingerprint density at radius 3 is 2.67 bits per heavy atom. The Kier molecular flexibility index (Phi) is 2.05. The highest BCUT2D eigenvalue weighted by Crippen LogP contribution is 2.00. The molecule has 0 aromatic rings. The van der Waals surface area contributed by atoms with Gasteiger partial charge in [0.25, 0.3) is 0 Å². The van der Waals surface area contributed by atoms with Gasteiger partial charge in [0, 0.05) is 19.5 Å². The quantitative estimate of drug-likeness (QED) is 0.573. The Hall–Kier alpha value is -0.570. The number of rotatable bonds is 2. The molecule has 0 spiro atoms. The van der Waals surface area contributed by atoms with E-state index in [1.807, 2.05) is 11.9 Å². The number of hydrazine groups is 1. The summed E-state index contributed by atoms with van der Waals surface area (Å²) >= 11 is 0. The van der Waals surface area contributed by atoms with E-state index in [2.05, 4.69) is 5.43 Å². The van der Waals surface area contributed by atoms with E-state index in [1.165, 1.54) is 6.42 Å². The SMILES string of the molecule is CCC(=O)NN1CCC1. The minimum atomic E-state index is 0.120. The van der Waals surface area contributed by atoms with Gasteiger partial charge in [0.05, 0.1) is 0 Å². The fourth-order valence-corrected chi connectivity index (χ4v) is 0.683. The van der Waals surface area contributed by atoms with Crippen LogP contribution in [-0.2, 0) is 4.79 Å². The van der Waals surface area contributed by atoms with Crippen LogP contribution < -0.4 is 5.43 Å². The Morgan fingerprint density at radius 1 is 1.67 bits per heavy atom. The molecular formula is C6H12N2O. The van der Waals surface area contributed by atoms with Crippen molar-refractivity contribution in [2.75, 3.05) is 13.1 Å². The molecule has 0 aromatic heterocycles. The van der Waals surface area contributed by atoms with Crippen molar-refractivity contribution < 1.29 is 4.79 Å². The van der Waals surface area contributed by atoms with Gasteiger partial charge in [0.15, 0.2) is 0 Å². The fourth-order valence-electron chi connectivity index (χ4n) is 0.683. The van der Waals surface area contributed by atoms with E-state index in [9.17, 15) is 4.79 Å². The number of carbonyl (C=O) groups excluding carboxylic acids is 1. The lowest BCUT2D eigenvalue weighted by Gasteiger charge is -2.30. The number of hydrogen-bond acceptors (Lipinski definition) is 2. The van der Waals surface area contributed by atoms with Gasteiger partial charge in [0.2, 0.25) is 5.91 Å². The third kappa shape index (κ3) is 1.68. The first-order valence-corrected chi connectivity index (χ1v) is 3.37. The van der Waals surface area contributed by atoms with Gasteiger partial charge in [0.1, 0.15) is 0 Å². The first-order chi connectivity index (χ1) is 4.33. The van der Waals surface area contributed by atoms with Gasteiger partial charge in [-0.2, -0.15) is 0 Å². The smallest absolute Gasteiger partial charge is 0.233 e. The largest absolute Gasteiger partial charge is 0.289 e. The van der Waals surface area contributed by atoms with E-state index in [-0.39, 0.29) is 5.91 Å². The van der Waals surface area contributed by atoms with Crippen LogP contribution in [0.2, 0.25) is 0 Å². The maximum Gasteiger partial charge on any atom is 0.233 e. The molecule has 0 atom stereocenters. The van der Waals surface area contributed by atoms with E-state index < -0.39 is 0 Å². The van der Waals surface area contributed by atoms with Gasteiger partial charge in [-0.1, -0.05) is 6.92 Å². The minimum Gasteiger partial charge on any atom is -0.289 e. The molecule has 1 aliphatic rings. The summed E-state index contributed by atoms with van der Waals surface area (Å²) in [7, 11) is 0. The second-order valence-electron chi connectivity index (χ2n) is 2.23. The predicted octanol–water partition coefficient (Wildman–Crippen LogP) is 0.133. The zero-order valence-electron chi connectivity index (χ0n) is 5.68. The highest BCUT2D eigenvalue weighted by Gasteiger charge is 2.14. The summed E-state index contributed by atoms with van der Waals surface area (Å²) in [5, 5.41) is 1.94. The van der Waals surface area contributed by atoms with E-state index in [0.29, 0.717) is 6.42 Å². The van der Waals surface area contributed by atoms with Crippen LogP contribution in [-0.4, -0.2) is 24.0 Å². The highest BCUT2D eigenvalue weighted by molar-refractivity contribution is 5.74.